The number of hydrogen-bond acceptors (Lipinski definition) is 5. The summed E-state index contributed by atoms with van der Waals surface area (Å²) in [5.74, 6) is 0. The van der Waals surface area contributed by atoms with Crippen molar-refractivity contribution in [3.63, 3.8) is 0 Å². The van der Waals surface area contributed by atoms with E-state index in [1.54, 1.807) is 0 Å². The lowest BCUT2D eigenvalue weighted by atomic mass is 9.91. The van der Waals surface area contributed by atoms with Crippen LogP contribution in [0.3, 0.4) is 0 Å². The molecule has 6 nitrogen and oxygen atoms in total. The Kier molecular flexibility index (Phi) is 3.88. The number of nitrogens with one attached hydrogen (secondary N) is 1. The molecular formula is C16H27NO5. The third-order valence-electron chi connectivity index (χ3n) is 5.12. The van der Waals surface area contributed by atoms with E-state index in [4.69, 9.17) is 15.6 Å². The van der Waals surface area contributed by atoms with Crippen LogP contribution in [0.25, 0.3) is 0 Å². The van der Waals surface area contributed by atoms with Crippen LogP contribution in [0, 0.1) is 5.41 Å². The molecule has 0 unspecified atom stereocenters. The second kappa shape index (κ2) is 5.74. The topological polar surface area (TPSA) is 77.0 Å². The highest BCUT2D eigenvalue weighted by molar-refractivity contribution is 5.45. The summed E-state index contributed by atoms with van der Waals surface area (Å²) in [6.45, 7) is 4.96. The quantitative estimate of drug-likeness (QED) is 0.482. The van der Waals surface area contributed by atoms with Gasteiger partial charge in [0.15, 0.2) is 0 Å². The van der Waals surface area contributed by atoms with Crippen molar-refractivity contribution in [3.05, 3.63) is 0 Å². The van der Waals surface area contributed by atoms with E-state index in [-0.39, 0.29) is 11.5 Å². The fraction of sp³-hybridized carbons (Fsp3) is 0.938. The molecule has 0 aromatic rings. The van der Waals surface area contributed by atoms with Gasteiger partial charge in [-0.05, 0) is 33.1 Å². The van der Waals surface area contributed by atoms with Crippen molar-refractivity contribution in [1.82, 2.24) is 5.32 Å². The van der Waals surface area contributed by atoms with Crippen LogP contribution in [-0.2, 0) is 19.0 Å². The second-order valence-electron chi connectivity index (χ2n) is 7.16. The molecule has 2 saturated carbocycles. The normalized spacial score (nSPS) is 46.3. The zero-order valence-electron chi connectivity index (χ0n) is 14.3. The van der Waals surface area contributed by atoms with Gasteiger partial charge in [-0.3, -0.25) is 4.79 Å². The third kappa shape index (κ3) is 2.46. The minimum atomic E-state index is -0.970. The zero-order chi connectivity index (χ0) is 16.7. The van der Waals surface area contributed by atoms with E-state index in [2.05, 4.69) is 5.32 Å². The number of carbonyl (C=O) groups excluding carboxylic acids is 1. The van der Waals surface area contributed by atoms with Crippen LogP contribution >= 0.6 is 0 Å². The highest BCUT2D eigenvalue weighted by atomic mass is 16.6. The number of carbonyl (C=O) groups is 1. The van der Waals surface area contributed by atoms with Gasteiger partial charge in [0, 0.05) is 25.0 Å². The van der Waals surface area contributed by atoms with Crippen LogP contribution in [0.5, 0.6) is 0 Å². The molecule has 22 heavy (non-hydrogen) atoms. The first-order chi connectivity index (χ1) is 10.9. The van der Waals surface area contributed by atoms with E-state index in [9.17, 15) is 9.90 Å². The third-order valence-corrected chi connectivity index (χ3v) is 5.12. The monoisotopic (exact) mass is 315 g/mol. The minimum absolute atomic E-state index is 0.0319. The van der Waals surface area contributed by atoms with Crippen LogP contribution in [0.1, 0.15) is 40.9 Å². The van der Waals surface area contributed by atoms with Crippen LogP contribution in [0.15, 0.2) is 0 Å². The van der Waals surface area contributed by atoms with Gasteiger partial charge in [0.25, 0.3) is 0 Å². The summed E-state index contributed by atoms with van der Waals surface area (Å²) < 4.78 is 25.5. The first-order valence-electron chi connectivity index (χ1n) is 8.68. The molecule has 1 aliphatic heterocycles. The van der Waals surface area contributed by atoms with Gasteiger partial charge in [0.05, 0.1) is 26.3 Å². The summed E-state index contributed by atoms with van der Waals surface area (Å²) in [5.41, 5.74) is -1.70. The lowest BCUT2D eigenvalue weighted by Gasteiger charge is -2.29. The molecule has 2 aliphatic carbocycles. The minimum Gasteiger partial charge on any atom is -0.387 e. The van der Waals surface area contributed by atoms with Crippen LogP contribution in [0.4, 0.5) is 0 Å². The van der Waals surface area contributed by atoms with Gasteiger partial charge < -0.3 is 24.6 Å². The molecule has 1 saturated heterocycles. The van der Waals surface area contributed by atoms with E-state index < -0.39 is 23.9 Å². The Morgan fingerprint density at radius 2 is 2.36 bits per heavy atom. The number of rotatable bonds is 9. The van der Waals surface area contributed by atoms with Crippen molar-refractivity contribution in [2.24, 2.45) is 5.41 Å². The van der Waals surface area contributed by atoms with Gasteiger partial charge in [-0.1, -0.05) is 0 Å². The van der Waals surface area contributed by atoms with Gasteiger partial charge >= 0.3 is 0 Å². The molecule has 3 fully saturated rings. The van der Waals surface area contributed by atoms with Gasteiger partial charge in [-0.15, -0.1) is 0 Å². The molecule has 3 aliphatic rings. The maximum Gasteiger partial charge on any atom is 0.207 e. The SMILES string of the molecule is [3H][C@H]1C[C@@]2(O)C[C@]3(COCCCNC=O)C[C@]3(OC(C)C)[C@H]2O1. The van der Waals surface area contributed by atoms with Crippen molar-refractivity contribution in [2.75, 3.05) is 26.3 Å². The van der Waals surface area contributed by atoms with Crippen molar-refractivity contribution >= 4 is 6.41 Å². The highest BCUT2D eigenvalue weighted by Gasteiger charge is 2.83. The Bertz CT molecular complexity index is 464. The van der Waals surface area contributed by atoms with Crippen molar-refractivity contribution in [1.29, 1.82) is 0 Å². The zero-order valence-corrected chi connectivity index (χ0v) is 13.3. The highest BCUT2D eigenvalue weighted by Crippen LogP contribution is 2.74. The fourth-order valence-electron chi connectivity index (χ4n) is 4.33. The summed E-state index contributed by atoms with van der Waals surface area (Å²) in [5, 5.41) is 13.5. The number of ether oxygens (including phenoxy) is 3. The number of hydrogen-bond donors (Lipinski definition) is 2. The molecule has 6 heteroatoms. The smallest absolute Gasteiger partial charge is 0.207 e. The van der Waals surface area contributed by atoms with Crippen molar-refractivity contribution in [3.8, 4) is 0 Å². The molecule has 0 radical (unpaired) electrons. The molecule has 3 rings (SSSR count). The van der Waals surface area contributed by atoms with Crippen molar-refractivity contribution < 1.29 is 25.5 Å². The Labute approximate surface area is 132 Å². The standard InChI is InChI=1S/C16H27NO5/c1-12(2)22-16-9-14(16,10-20-6-3-5-17-11-18)8-15(19)4-7-21-13(15)16/h11-13,19H,3-10H2,1-2H3,(H,17,18)/t13-,14+,15+,16-/m0/s1/i7T/t7-,13-,14+,15+,16-. The average Bonchev–Trinajstić information content (AvgIpc) is 2.83. The summed E-state index contributed by atoms with van der Waals surface area (Å²) in [7, 11) is 0. The molecule has 2 N–H and O–H groups in total. The number of aliphatic hydroxyl groups is 1. The van der Waals surface area contributed by atoms with Gasteiger partial charge in [0.1, 0.15) is 11.7 Å². The predicted octanol–water partition coefficient (Wildman–Crippen LogP) is 0.617. The second-order valence-corrected chi connectivity index (χ2v) is 7.16. The summed E-state index contributed by atoms with van der Waals surface area (Å²) in [4.78, 5) is 10.2. The molecular weight excluding hydrogens is 286 g/mol. The Morgan fingerprint density at radius 1 is 1.55 bits per heavy atom. The first-order valence-corrected chi connectivity index (χ1v) is 8.10. The molecule has 126 valence electrons. The molecule has 0 spiro atoms. The van der Waals surface area contributed by atoms with E-state index in [0.717, 1.165) is 12.8 Å². The van der Waals surface area contributed by atoms with Gasteiger partial charge in [-0.25, -0.2) is 0 Å². The van der Waals surface area contributed by atoms with Gasteiger partial charge in [0.2, 0.25) is 6.41 Å². The van der Waals surface area contributed by atoms with Crippen LogP contribution in [-0.4, -0.2) is 61.3 Å². The summed E-state index contributed by atoms with van der Waals surface area (Å²) in [6, 6.07) is 0. The molecule has 0 aromatic heterocycles. The van der Waals surface area contributed by atoms with Crippen LogP contribution in [0.2, 0.25) is 0 Å². The Balaban J connectivity index is 1.62. The van der Waals surface area contributed by atoms with Gasteiger partial charge in [-0.2, -0.15) is 0 Å². The molecule has 0 aromatic carbocycles. The largest absolute Gasteiger partial charge is 0.387 e. The number of amides is 1. The molecule has 1 amide bonds. The maximum atomic E-state index is 10.9. The van der Waals surface area contributed by atoms with E-state index >= 15 is 0 Å². The van der Waals surface area contributed by atoms with Crippen molar-refractivity contribution in [2.45, 2.75) is 62.9 Å². The molecule has 1 heterocycles. The lowest BCUT2D eigenvalue weighted by Crippen LogP contribution is -2.44. The fourth-order valence-corrected chi connectivity index (χ4v) is 4.33. The molecule has 5 atom stereocenters. The Hall–Kier alpha value is -0.690. The average molecular weight is 315 g/mol. The first kappa shape index (κ1) is 14.9. The maximum absolute atomic E-state index is 10.9. The van der Waals surface area contributed by atoms with E-state index in [1.165, 1.54) is 0 Å². The van der Waals surface area contributed by atoms with Crippen LogP contribution < -0.4 is 5.32 Å². The summed E-state index contributed by atoms with van der Waals surface area (Å²) >= 11 is 0. The number of fused-ring (bicyclic) bond motifs is 3. The van der Waals surface area contributed by atoms with E-state index in [1.807, 2.05) is 13.8 Å². The molecule has 0 bridgehead atoms. The predicted molar refractivity (Wildman–Crippen MR) is 79.4 cm³/mol. The lowest BCUT2D eigenvalue weighted by molar-refractivity contribution is -0.130. The Morgan fingerprint density at radius 3 is 3.09 bits per heavy atom. The van der Waals surface area contributed by atoms with E-state index in [0.29, 0.717) is 39.0 Å². The summed E-state index contributed by atoms with van der Waals surface area (Å²) in [6.07, 6.45) is 2.76.